The van der Waals surface area contributed by atoms with E-state index >= 15 is 0 Å². The second-order valence-electron chi connectivity index (χ2n) is 4.30. The minimum atomic E-state index is 0.266. The number of ether oxygens (including phenoxy) is 1. The Balaban J connectivity index is 1.91. The van der Waals surface area contributed by atoms with Crippen molar-refractivity contribution in [2.75, 3.05) is 13.2 Å². The van der Waals surface area contributed by atoms with Gasteiger partial charge >= 0.3 is 0 Å². The Kier molecular flexibility index (Phi) is 4.06. The van der Waals surface area contributed by atoms with Gasteiger partial charge in [-0.1, -0.05) is 13.0 Å². The molecule has 0 aliphatic carbocycles. The van der Waals surface area contributed by atoms with Gasteiger partial charge in [0.2, 0.25) is 0 Å². The maximum Gasteiger partial charge on any atom is 0.0494 e. The molecule has 15 heavy (non-hydrogen) atoms. The van der Waals surface area contributed by atoms with Gasteiger partial charge in [0.05, 0.1) is 0 Å². The van der Waals surface area contributed by atoms with E-state index in [0.717, 1.165) is 26.1 Å². The maximum atomic E-state index is 6.50. The van der Waals surface area contributed by atoms with E-state index in [0.29, 0.717) is 11.8 Å². The lowest BCUT2D eigenvalue weighted by Gasteiger charge is -2.32. The second-order valence-corrected chi connectivity index (χ2v) is 5.90. The zero-order valence-corrected chi connectivity index (χ0v) is 10.6. The molecule has 2 heterocycles. The summed E-state index contributed by atoms with van der Waals surface area (Å²) < 4.78 is 5.44. The minimum absolute atomic E-state index is 0.266. The minimum Gasteiger partial charge on any atom is -0.381 e. The van der Waals surface area contributed by atoms with Crippen LogP contribution in [0.15, 0.2) is 17.5 Å². The molecule has 0 aromatic carbocycles. The molecule has 0 radical (unpaired) electrons. The van der Waals surface area contributed by atoms with E-state index in [-0.39, 0.29) is 5.38 Å². The quantitative estimate of drug-likeness (QED) is 0.739. The lowest BCUT2D eigenvalue weighted by Crippen LogP contribution is -2.32. The van der Waals surface area contributed by atoms with Gasteiger partial charge in [0.25, 0.3) is 0 Å². The number of hydrogen-bond donors (Lipinski definition) is 0. The van der Waals surface area contributed by atoms with E-state index in [2.05, 4.69) is 24.4 Å². The van der Waals surface area contributed by atoms with Gasteiger partial charge < -0.3 is 4.74 Å². The van der Waals surface area contributed by atoms with Gasteiger partial charge in [0.1, 0.15) is 0 Å². The van der Waals surface area contributed by atoms with Crippen LogP contribution in [-0.4, -0.2) is 18.6 Å². The predicted octanol–water partition coefficient (Wildman–Crippen LogP) is 3.57. The molecule has 3 unspecified atom stereocenters. The summed E-state index contributed by atoms with van der Waals surface area (Å²) in [5.74, 6) is 1.21. The largest absolute Gasteiger partial charge is 0.381 e. The first-order valence-corrected chi connectivity index (χ1v) is 6.83. The van der Waals surface area contributed by atoms with Crippen LogP contribution in [0, 0.1) is 11.8 Å². The smallest absolute Gasteiger partial charge is 0.0494 e. The van der Waals surface area contributed by atoms with E-state index < -0.39 is 0 Å². The van der Waals surface area contributed by atoms with Crippen LogP contribution in [0.25, 0.3) is 0 Å². The van der Waals surface area contributed by atoms with Crippen LogP contribution in [0.2, 0.25) is 0 Å². The molecule has 1 fully saturated rings. The molecular formula is C12H17ClOS. The van der Waals surface area contributed by atoms with Crippen molar-refractivity contribution >= 4 is 22.9 Å². The highest BCUT2D eigenvalue weighted by molar-refractivity contribution is 7.09. The van der Waals surface area contributed by atoms with Crippen LogP contribution in [0.1, 0.15) is 18.2 Å². The summed E-state index contributed by atoms with van der Waals surface area (Å²) >= 11 is 8.30. The Morgan fingerprint density at radius 3 is 3.20 bits per heavy atom. The monoisotopic (exact) mass is 244 g/mol. The third-order valence-corrected chi connectivity index (χ3v) is 4.52. The van der Waals surface area contributed by atoms with Crippen molar-refractivity contribution in [1.82, 2.24) is 0 Å². The number of halogens is 1. The summed E-state index contributed by atoms with van der Waals surface area (Å²) in [6.45, 7) is 3.99. The van der Waals surface area contributed by atoms with E-state index in [1.165, 1.54) is 4.88 Å². The first-order valence-electron chi connectivity index (χ1n) is 5.51. The third-order valence-electron chi connectivity index (χ3n) is 3.15. The standard InChI is InChI=1S/C12H17ClOS/c1-9-8-14-5-4-11(9)12(13)7-10-3-2-6-15-10/h2-3,6,9,11-12H,4-5,7-8H2,1H3. The zero-order valence-electron chi connectivity index (χ0n) is 8.99. The molecule has 3 atom stereocenters. The number of rotatable bonds is 3. The van der Waals surface area contributed by atoms with Crippen molar-refractivity contribution in [2.24, 2.45) is 11.8 Å². The topological polar surface area (TPSA) is 9.23 Å². The van der Waals surface area contributed by atoms with Crippen molar-refractivity contribution in [3.8, 4) is 0 Å². The summed E-state index contributed by atoms with van der Waals surface area (Å²) in [7, 11) is 0. The molecule has 0 amide bonds. The molecule has 0 spiro atoms. The predicted molar refractivity (Wildman–Crippen MR) is 65.8 cm³/mol. The molecule has 1 nitrogen and oxygen atoms in total. The highest BCUT2D eigenvalue weighted by Crippen LogP contribution is 2.30. The average molecular weight is 245 g/mol. The SMILES string of the molecule is CC1COCCC1C(Cl)Cc1cccs1. The number of alkyl halides is 1. The van der Waals surface area contributed by atoms with Crippen LogP contribution in [0.4, 0.5) is 0 Å². The van der Waals surface area contributed by atoms with Crippen LogP contribution in [-0.2, 0) is 11.2 Å². The van der Waals surface area contributed by atoms with E-state index in [9.17, 15) is 0 Å². The van der Waals surface area contributed by atoms with Crippen molar-refractivity contribution in [2.45, 2.75) is 25.1 Å². The molecule has 1 aliphatic heterocycles. The molecule has 1 saturated heterocycles. The van der Waals surface area contributed by atoms with Gasteiger partial charge in [-0.3, -0.25) is 0 Å². The van der Waals surface area contributed by atoms with Gasteiger partial charge in [-0.2, -0.15) is 0 Å². The summed E-state index contributed by atoms with van der Waals surface area (Å²) in [5.41, 5.74) is 0. The Labute approximate surface area is 100 Å². The van der Waals surface area contributed by atoms with E-state index in [1.54, 1.807) is 11.3 Å². The summed E-state index contributed by atoms with van der Waals surface area (Å²) in [6.07, 6.45) is 2.12. The molecule has 0 N–H and O–H groups in total. The van der Waals surface area contributed by atoms with Gasteiger partial charge in [-0.15, -0.1) is 22.9 Å². The van der Waals surface area contributed by atoms with Crippen LogP contribution < -0.4 is 0 Å². The van der Waals surface area contributed by atoms with Gasteiger partial charge in [-0.25, -0.2) is 0 Å². The molecular weight excluding hydrogens is 228 g/mol. The van der Waals surface area contributed by atoms with Crippen LogP contribution >= 0.6 is 22.9 Å². The Morgan fingerprint density at radius 1 is 1.67 bits per heavy atom. The fraction of sp³-hybridized carbons (Fsp3) is 0.667. The summed E-state index contributed by atoms with van der Waals surface area (Å²) in [6, 6.07) is 4.26. The normalized spacial score (nSPS) is 28.9. The molecule has 1 aromatic rings. The fourth-order valence-electron chi connectivity index (χ4n) is 2.21. The summed E-state index contributed by atoms with van der Waals surface area (Å²) in [4.78, 5) is 1.40. The van der Waals surface area contributed by atoms with Crippen molar-refractivity contribution < 1.29 is 4.74 Å². The van der Waals surface area contributed by atoms with Crippen LogP contribution in [0.3, 0.4) is 0 Å². The molecule has 0 bridgehead atoms. The van der Waals surface area contributed by atoms with Crippen LogP contribution in [0.5, 0.6) is 0 Å². The van der Waals surface area contributed by atoms with E-state index in [1.807, 2.05) is 0 Å². The first-order chi connectivity index (χ1) is 7.27. The lowest BCUT2D eigenvalue weighted by atomic mass is 9.85. The molecule has 1 aromatic heterocycles. The molecule has 3 heteroatoms. The van der Waals surface area contributed by atoms with Crippen molar-refractivity contribution in [3.63, 3.8) is 0 Å². The van der Waals surface area contributed by atoms with Gasteiger partial charge in [0, 0.05) is 23.5 Å². The Morgan fingerprint density at radius 2 is 2.53 bits per heavy atom. The third kappa shape index (κ3) is 2.96. The lowest BCUT2D eigenvalue weighted by molar-refractivity contribution is 0.0230. The van der Waals surface area contributed by atoms with Crippen molar-refractivity contribution in [3.05, 3.63) is 22.4 Å². The van der Waals surface area contributed by atoms with Gasteiger partial charge in [0.15, 0.2) is 0 Å². The Hall–Kier alpha value is -0.0500. The second kappa shape index (κ2) is 5.33. The van der Waals surface area contributed by atoms with E-state index in [4.69, 9.17) is 16.3 Å². The molecule has 2 rings (SSSR count). The van der Waals surface area contributed by atoms with Gasteiger partial charge in [-0.05, 0) is 36.1 Å². The summed E-state index contributed by atoms with van der Waals surface area (Å²) in [5, 5.41) is 2.38. The molecule has 0 saturated carbocycles. The highest BCUT2D eigenvalue weighted by atomic mass is 35.5. The van der Waals surface area contributed by atoms with Crippen molar-refractivity contribution in [1.29, 1.82) is 0 Å². The number of hydrogen-bond acceptors (Lipinski definition) is 2. The number of thiophene rings is 1. The first kappa shape index (κ1) is 11.4. The maximum absolute atomic E-state index is 6.50. The molecule has 1 aliphatic rings. The fourth-order valence-corrected chi connectivity index (χ4v) is 3.60. The Bertz CT molecular complexity index is 286. The average Bonchev–Trinajstić information content (AvgIpc) is 2.71. The molecule has 84 valence electrons. The zero-order chi connectivity index (χ0) is 10.7. The highest BCUT2D eigenvalue weighted by Gasteiger charge is 2.28.